The van der Waals surface area contributed by atoms with Crippen LogP contribution in [0.1, 0.15) is 26.7 Å². The van der Waals surface area contributed by atoms with E-state index in [1.165, 1.54) is 47.4 Å². The number of thiazole rings is 1. The largest absolute Gasteiger partial charge is 0.321 e. The van der Waals surface area contributed by atoms with Gasteiger partial charge in [0.15, 0.2) is 5.13 Å². The van der Waals surface area contributed by atoms with Crippen molar-refractivity contribution in [1.29, 1.82) is 0 Å². The van der Waals surface area contributed by atoms with E-state index in [-0.39, 0.29) is 22.9 Å². The van der Waals surface area contributed by atoms with E-state index in [0.717, 1.165) is 20.7 Å². The van der Waals surface area contributed by atoms with Crippen LogP contribution in [0.5, 0.6) is 0 Å². The van der Waals surface area contributed by atoms with Crippen LogP contribution in [0.15, 0.2) is 144 Å². The summed E-state index contributed by atoms with van der Waals surface area (Å²) in [7, 11) is 0. The zero-order chi connectivity index (χ0) is 34.2. The molecule has 12 heteroatoms. The zero-order valence-electron chi connectivity index (χ0n) is 25.6. The lowest BCUT2D eigenvalue weighted by Gasteiger charge is -2.16. The minimum Gasteiger partial charge on any atom is -0.321 e. The van der Waals surface area contributed by atoms with E-state index < -0.39 is 22.0 Å². The molecule has 1 heterocycles. The molecule has 49 heavy (non-hydrogen) atoms. The van der Waals surface area contributed by atoms with Gasteiger partial charge in [0.1, 0.15) is 10.9 Å². The number of anilines is 2. The Kier molecular flexibility index (Phi) is 10.2. The highest BCUT2D eigenvalue weighted by molar-refractivity contribution is 8.00. The number of nitro groups is 1. The molecule has 6 rings (SSSR count). The highest BCUT2D eigenvalue weighted by Gasteiger charge is 2.24. The van der Waals surface area contributed by atoms with Gasteiger partial charge in [-0.3, -0.25) is 24.5 Å². The van der Waals surface area contributed by atoms with Crippen LogP contribution in [0.2, 0.25) is 0 Å². The van der Waals surface area contributed by atoms with Gasteiger partial charge in [-0.25, -0.2) is 4.98 Å². The molecule has 3 amide bonds. The second-order valence-electron chi connectivity index (χ2n) is 10.6. The highest BCUT2D eigenvalue weighted by Crippen LogP contribution is 2.37. The molecule has 0 aliphatic carbocycles. The van der Waals surface area contributed by atoms with Gasteiger partial charge in [-0.05, 0) is 66.2 Å². The maximum atomic E-state index is 13.6. The third-order valence-electron chi connectivity index (χ3n) is 7.19. The average Bonchev–Trinajstić information content (AvgIpc) is 3.54. The Labute approximate surface area is 289 Å². The summed E-state index contributed by atoms with van der Waals surface area (Å²) in [6.45, 7) is 0. The van der Waals surface area contributed by atoms with E-state index in [2.05, 4.69) is 20.9 Å². The Balaban J connectivity index is 1.21. The Hall–Kier alpha value is -6.11. The fraction of sp³-hybridized carbons (Fsp3) is 0.0270. The Bertz CT molecular complexity index is 2140. The number of amides is 3. The van der Waals surface area contributed by atoms with E-state index in [1.807, 2.05) is 54.6 Å². The molecule has 5 aromatic carbocycles. The second-order valence-corrected chi connectivity index (χ2v) is 12.8. The normalized spacial score (nSPS) is 11.8. The second kappa shape index (κ2) is 15.2. The van der Waals surface area contributed by atoms with Crippen molar-refractivity contribution in [2.24, 2.45) is 0 Å². The topological polar surface area (TPSA) is 143 Å². The van der Waals surface area contributed by atoms with Crippen LogP contribution in [0, 0.1) is 10.1 Å². The van der Waals surface area contributed by atoms with Gasteiger partial charge in [0, 0.05) is 22.2 Å². The summed E-state index contributed by atoms with van der Waals surface area (Å²) in [4.78, 5) is 56.5. The Morgan fingerprint density at radius 1 is 0.776 bits per heavy atom. The van der Waals surface area contributed by atoms with Crippen molar-refractivity contribution in [2.45, 2.75) is 10.1 Å². The minimum absolute atomic E-state index is 0.147. The van der Waals surface area contributed by atoms with Crippen LogP contribution in [0.4, 0.5) is 16.5 Å². The number of nitrogens with one attached hydrogen (secondary N) is 3. The molecule has 242 valence electrons. The summed E-state index contributed by atoms with van der Waals surface area (Å²) in [5, 5.41) is 19.9. The quantitative estimate of drug-likeness (QED) is 0.0541. The first-order valence-electron chi connectivity index (χ1n) is 14.9. The van der Waals surface area contributed by atoms with Crippen LogP contribution in [-0.2, 0) is 9.59 Å². The number of hydrogen-bond acceptors (Lipinski definition) is 8. The van der Waals surface area contributed by atoms with Crippen LogP contribution >= 0.6 is 23.1 Å². The van der Waals surface area contributed by atoms with Crippen molar-refractivity contribution in [3.05, 3.63) is 166 Å². The first-order valence-corrected chi connectivity index (χ1v) is 16.6. The number of aromatic nitrogens is 1. The van der Waals surface area contributed by atoms with Crippen molar-refractivity contribution in [2.75, 3.05) is 10.6 Å². The van der Waals surface area contributed by atoms with Gasteiger partial charge < -0.3 is 16.0 Å². The number of rotatable bonds is 11. The molecule has 0 radical (unpaired) electrons. The van der Waals surface area contributed by atoms with Crippen molar-refractivity contribution in [3.8, 4) is 0 Å². The fourth-order valence-corrected chi connectivity index (χ4v) is 6.72. The molecular formula is C37H27N5O5S2. The van der Waals surface area contributed by atoms with E-state index in [9.17, 15) is 24.5 Å². The number of para-hydroxylation sites is 2. The molecule has 1 unspecified atom stereocenters. The minimum atomic E-state index is -0.680. The molecule has 6 aromatic rings. The lowest BCUT2D eigenvalue weighted by atomic mass is 10.1. The Morgan fingerprint density at radius 3 is 2.14 bits per heavy atom. The number of carbonyl (C=O) groups is 3. The monoisotopic (exact) mass is 685 g/mol. The fourth-order valence-electron chi connectivity index (χ4n) is 4.82. The molecular weight excluding hydrogens is 659 g/mol. The van der Waals surface area contributed by atoms with Crippen LogP contribution < -0.4 is 16.0 Å². The molecule has 1 atom stereocenters. The van der Waals surface area contributed by atoms with Crippen molar-refractivity contribution in [1.82, 2.24) is 10.3 Å². The van der Waals surface area contributed by atoms with Gasteiger partial charge in [-0.2, -0.15) is 0 Å². The third kappa shape index (κ3) is 8.25. The summed E-state index contributed by atoms with van der Waals surface area (Å²) in [5.41, 5.74) is 2.08. The first-order chi connectivity index (χ1) is 23.8. The molecule has 0 bridgehead atoms. The lowest BCUT2D eigenvalue weighted by molar-refractivity contribution is -0.385. The van der Waals surface area contributed by atoms with E-state index in [0.29, 0.717) is 16.4 Å². The van der Waals surface area contributed by atoms with Gasteiger partial charge in [0.05, 0.1) is 20.7 Å². The van der Waals surface area contributed by atoms with Gasteiger partial charge in [-0.15, -0.1) is 11.8 Å². The van der Waals surface area contributed by atoms with Crippen LogP contribution in [-0.4, -0.2) is 27.6 Å². The lowest BCUT2D eigenvalue weighted by Crippen LogP contribution is -2.30. The van der Waals surface area contributed by atoms with Crippen LogP contribution in [0.25, 0.3) is 16.3 Å². The van der Waals surface area contributed by atoms with Crippen LogP contribution in [0.3, 0.4) is 0 Å². The molecule has 1 aromatic heterocycles. The maximum Gasteiger partial charge on any atom is 0.276 e. The number of hydrogen-bond donors (Lipinski definition) is 3. The van der Waals surface area contributed by atoms with Crippen molar-refractivity contribution in [3.63, 3.8) is 0 Å². The van der Waals surface area contributed by atoms with E-state index in [4.69, 9.17) is 0 Å². The molecule has 0 fully saturated rings. The van der Waals surface area contributed by atoms with Gasteiger partial charge in [0.2, 0.25) is 5.91 Å². The molecule has 10 nitrogen and oxygen atoms in total. The number of thioether (sulfide) groups is 1. The number of benzene rings is 5. The summed E-state index contributed by atoms with van der Waals surface area (Å²) in [6, 6.07) is 38.2. The standard InChI is InChI=1S/C37H27N5O5S2/c43-34(25-13-5-2-6-14-25)39-30(23-26-15-7-9-17-31(26)42(46)47)35(44)38-27-19-21-28(22-20-27)48-33(24-11-3-1-4-12-24)36(45)41-37-40-29-16-8-10-18-32(29)49-37/h1-23,33H,(H,38,44)(H,39,43)(H,40,41,45)/b30-23-. The molecule has 0 spiro atoms. The van der Waals surface area contributed by atoms with Gasteiger partial charge >= 0.3 is 0 Å². The zero-order valence-corrected chi connectivity index (χ0v) is 27.2. The number of nitrogens with zero attached hydrogens (tertiary/aromatic N) is 2. The average molecular weight is 686 g/mol. The predicted molar refractivity (Wildman–Crippen MR) is 193 cm³/mol. The first kappa shape index (κ1) is 32.8. The summed E-state index contributed by atoms with van der Waals surface area (Å²) < 4.78 is 0.971. The highest BCUT2D eigenvalue weighted by atomic mass is 32.2. The summed E-state index contributed by atoms with van der Waals surface area (Å²) in [6.07, 6.45) is 1.27. The molecule has 0 aliphatic heterocycles. The van der Waals surface area contributed by atoms with Crippen molar-refractivity contribution >= 4 is 73.6 Å². The smallest absolute Gasteiger partial charge is 0.276 e. The third-order valence-corrected chi connectivity index (χ3v) is 9.41. The van der Waals surface area contributed by atoms with E-state index >= 15 is 0 Å². The van der Waals surface area contributed by atoms with Gasteiger partial charge in [-0.1, -0.05) is 84.1 Å². The molecule has 0 aliphatic rings. The number of fused-ring (bicyclic) bond motifs is 1. The number of carbonyl (C=O) groups excluding carboxylic acids is 3. The predicted octanol–water partition coefficient (Wildman–Crippen LogP) is 8.09. The van der Waals surface area contributed by atoms with Crippen molar-refractivity contribution < 1.29 is 19.3 Å². The number of nitro benzene ring substituents is 1. The maximum absolute atomic E-state index is 13.6. The van der Waals surface area contributed by atoms with Gasteiger partial charge in [0.25, 0.3) is 17.5 Å². The Morgan fingerprint density at radius 2 is 1.43 bits per heavy atom. The SMILES string of the molecule is O=C(Nc1ccc(SC(C(=O)Nc2nc3ccccc3s2)c2ccccc2)cc1)/C(=C/c1ccccc1[N+](=O)[O-])NC(=O)c1ccccc1. The summed E-state index contributed by atoms with van der Waals surface area (Å²) >= 11 is 2.74. The summed E-state index contributed by atoms with van der Waals surface area (Å²) in [5.74, 6) is -1.46. The molecule has 0 saturated heterocycles. The van der Waals surface area contributed by atoms with E-state index in [1.54, 1.807) is 60.7 Å². The molecule has 3 N–H and O–H groups in total. The molecule has 0 saturated carbocycles.